The summed E-state index contributed by atoms with van der Waals surface area (Å²) in [5, 5.41) is 0. The summed E-state index contributed by atoms with van der Waals surface area (Å²) < 4.78 is 16.5. The highest BCUT2D eigenvalue weighted by Gasteiger charge is 2.43. The van der Waals surface area contributed by atoms with Crippen molar-refractivity contribution < 1.29 is 23.8 Å². The van der Waals surface area contributed by atoms with Crippen molar-refractivity contribution in [3.05, 3.63) is 57.6 Å². The fourth-order valence-electron chi connectivity index (χ4n) is 3.69. The van der Waals surface area contributed by atoms with Crippen LogP contribution in [0.5, 0.6) is 11.5 Å². The lowest BCUT2D eigenvalue weighted by atomic mass is 9.74. The van der Waals surface area contributed by atoms with Crippen LogP contribution in [0.3, 0.4) is 0 Å². The van der Waals surface area contributed by atoms with Gasteiger partial charge >= 0.3 is 0 Å². The van der Waals surface area contributed by atoms with Crippen molar-refractivity contribution in [3.8, 4) is 11.5 Å². The van der Waals surface area contributed by atoms with Gasteiger partial charge in [-0.2, -0.15) is 0 Å². The highest BCUT2D eigenvalue weighted by Crippen LogP contribution is 2.52. The number of ketones is 2. The Bertz CT molecular complexity index is 897. The van der Waals surface area contributed by atoms with Crippen molar-refractivity contribution in [2.75, 3.05) is 21.3 Å². The standard InChI is InChI=1S/C19H16O5/c1-22-12-8-11-13(12)19(24-3)15-14(18(11)23-2)16(20)9-6-4-5-7-10(9)17(15)21/h4-7,12H,8H2,1-3H3. The first-order valence-electron chi connectivity index (χ1n) is 7.65. The maximum absolute atomic E-state index is 13.1. The molecule has 24 heavy (non-hydrogen) atoms. The van der Waals surface area contributed by atoms with Gasteiger partial charge < -0.3 is 14.2 Å². The topological polar surface area (TPSA) is 61.8 Å². The Balaban J connectivity index is 2.09. The van der Waals surface area contributed by atoms with Gasteiger partial charge in [-0.15, -0.1) is 0 Å². The molecule has 0 radical (unpaired) electrons. The second-order valence-corrected chi connectivity index (χ2v) is 5.84. The van der Waals surface area contributed by atoms with Gasteiger partial charge in [0.15, 0.2) is 11.6 Å². The Morgan fingerprint density at radius 1 is 0.875 bits per heavy atom. The number of methoxy groups -OCH3 is 3. The number of benzene rings is 2. The molecule has 0 heterocycles. The van der Waals surface area contributed by atoms with Gasteiger partial charge in [0.2, 0.25) is 0 Å². The van der Waals surface area contributed by atoms with E-state index >= 15 is 0 Å². The van der Waals surface area contributed by atoms with E-state index in [9.17, 15) is 9.59 Å². The Hall–Kier alpha value is -2.66. The number of carbonyl (C=O) groups is 2. The van der Waals surface area contributed by atoms with Crippen LogP contribution in [0.1, 0.15) is 49.1 Å². The quantitative estimate of drug-likeness (QED) is 0.741. The summed E-state index contributed by atoms with van der Waals surface area (Å²) in [5.41, 5.74) is 3.04. The molecule has 2 aliphatic rings. The molecule has 0 bridgehead atoms. The van der Waals surface area contributed by atoms with E-state index in [1.54, 1.807) is 31.4 Å². The molecule has 0 fully saturated rings. The van der Waals surface area contributed by atoms with Crippen molar-refractivity contribution >= 4 is 11.6 Å². The Kier molecular flexibility index (Phi) is 3.21. The lowest BCUT2D eigenvalue weighted by molar-refractivity contribution is 0.0789. The molecule has 0 N–H and O–H groups in total. The molecule has 0 amide bonds. The maximum atomic E-state index is 13.1. The molecule has 2 aromatic rings. The lowest BCUT2D eigenvalue weighted by Crippen LogP contribution is -2.29. The zero-order valence-electron chi connectivity index (χ0n) is 13.6. The van der Waals surface area contributed by atoms with Gasteiger partial charge in [-0.3, -0.25) is 9.59 Å². The van der Waals surface area contributed by atoms with Crippen LogP contribution in [0.4, 0.5) is 0 Å². The van der Waals surface area contributed by atoms with Crippen molar-refractivity contribution in [3.63, 3.8) is 0 Å². The third kappa shape index (κ3) is 1.67. The summed E-state index contributed by atoms with van der Waals surface area (Å²) in [4.78, 5) is 26.1. The number of ether oxygens (including phenoxy) is 3. The average Bonchev–Trinajstić information content (AvgIpc) is 2.59. The average molecular weight is 324 g/mol. The largest absolute Gasteiger partial charge is 0.496 e. The fraction of sp³-hybridized carbons (Fsp3) is 0.263. The summed E-state index contributed by atoms with van der Waals surface area (Å²) in [6, 6.07) is 6.83. The highest BCUT2D eigenvalue weighted by atomic mass is 16.5. The number of fused-ring (bicyclic) bond motifs is 3. The van der Waals surface area contributed by atoms with E-state index in [4.69, 9.17) is 14.2 Å². The van der Waals surface area contributed by atoms with Crippen LogP contribution in [0.2, 0.25) is 0 Å². The van der Waals surface area contributed by atoms with Gasteiger partial charge in [0.25, 0.3) is 0 Å². The van der Waals surface area contributed by atoms with E-state index in [-0.39, 0.29) is 23.2 Å². The molecule has 4 rings (SSSR count). The van der Waals surface area contributed by atoms with Gasteiger partial charge in [0, 0.05) is 35.8 Å². The first-order valence-corrected chi connectivity index (χ1v) is 7.65. The second kappa shape index (κ2) is 5.18. The lowest BCUT2D eigenvalue weighted by Gasteiger charge is -2.35. The minimum atomic E-state index is -0.222. The van der Waals surface area contributed by atoms with Crippen molar-refractivity contribution in [1.82, 2.24) is 0 Å². The predicted octanol–water partition coefficient (Wildman–Crippen LogP) is 2.72. The molecule has 5 nitrogen and oxygen atoms in total. The van der Waals surface area contributed by atoms with E-state index < -0.39 is 0 Å². The Labute approximate surface area is 139 Å². The van der Waals surface area contributed by atoms with E-state index in [1.807, 2.05) is 0 Å². The van der Waals surface area contributed by atoms with E-state index in [1.165, 1.54) is 14.2 Å². The molecular formula is C19H16O5. The van der Waals surface area contributed by atoms with Gasteiger partial charge in [-0.1, -0.05) is 24.3 Å². The molecule has 0 saturated heterocycles. The monoisotopic (exact) mass is 324 g/mol. The number of hydrogen-bond acceptors (Lipinski definition) is 5. The van der Waals surface area contributed by atoms with Gasteiger partial charge in [-0.25, -0.2) is 0 Å². The van der Waals surface area contributed by atoms with Crippen molar-refractivity contribution in [1.29, 1.82) is 0 Å². The van der Waals surface area contributed by atoms with Crippen LogP contribution >= 0.6 is 0 Å². The SMILES string of the molecule is COc1c2c(c(OC)c3c1C(=O)c1ccccc1C3=O)C(OC)C2. The number of hydrogen-bond donors (Lipinski definition) is 0. The minimum absolute atomic E-state index is 0.158. The highest BCUT2D eigenvalue weighted by molar-refractivity contribution is 6.30. The first kappa shape index (κ1) is 14.9. The molecule has 122 valence electrons. The number of carbonyl (C=O) groups excluding carboxylic acids is 2. The molecule has 0 saturated carbocycles. The molecule has 0 aliphatic heterocycles. The zero-order valence-corrected chi connectivity index (χ0v) is 13.6. The predicted molar refractivity (Wildman–Crippen MR) is 86.3 cm³/mol. The van der Waals surface area contributed by atoms with Gasteiger partial charge in [-0.05, 0) is 0 Å². The molecule has 2 aliphatic carbocycles. The van der Waals surface area contributed by atoms with Gasteiger partial charge in [0.1, 0.15) is 11.5 Å². The molecule has 2 aromatic carbocycles. The third-order valence-corrected chi connectivity index (χ3v) is 4.82. The summed E-state index contributed by atoms with van der Waals surface area (Å²) in [7, 11) is 4.63. The Morgan fingerprint density at radius 2 is 1.42 bits per heavy atom. The van der Waals surface area contributed by atoms with Crippen LogP contribution in [-0.4, -0.2) is 32.9 Å². The first-order chi connectivity index (χ1) is 11.6. The third-order valence-electron chi connectivity index (χ3n) is 4.82. The molecule has 1 atom stereocenters. The fourth-order valence-corrected chi connectivity index (χ4v) is 3.69. The van der Waals surface area contributed by atoms with Crippen LogP contribution < -0.4 is 9.47 Å². The second-order valence-electron chi connectivity index (χ2n) is 5.84. The van der Waals surface area contributed by atoms with Crippen molar-refractivity contribution in [2.24, 2.45) is 0 Å². The van der Waals surface area contributed by atoms with Crippen molar-refractivity contribution in [2.45, 2.75) is 12.5 Å². The number of rotatable bonds is 3. The maximum Gasteiger partial charge on any atom is 0.198 e. The smallest absolute Gasteiger partial charge is 0.198 e. The summed E-state index contributed by atoms with van der Waals surface area (Å²) in [6.45, 7) is 0. The van der Waals surface area contributed by atoms with E-state index in [0.717, 1.165) is 11.1 Å². The van der Waals surface area contributed by atoms with Crippen LogP contribution in [0, 0.1) is 0 Å². The van der Waals surface area contributed by atoms with Crippen LogP contribution in [0.25, 0.3) is 0 Å². The normalized spacial score (nSPS) is 17.5. The molecule has 5 heteroatoms. The van der Waals surface area contributed by atoms with Crippen LogP contribution in [0.15, 0.2) is 24.3 Å². The molecular weight excluding hydrogens is 308 g/mol. The molecule has 1 unspecified atom stereocenters. The Morgan fingerprint density at radius 3 is 1.92 bits per heavy atom. The summed E-state index contributed by atoms with van der Waals surface area (Å²) >= 11 is 0. The van der Waals surface area contributed by atoms with E-state index in [2.05, 4.69) is 0 Å². The zero-order chi connectivity index (χ0) is 17.0. The van der Waals surface area contributed by atoms with E-state index in [0.29, 0.717) is 34.6 Å². The van der Waals surface area contributed by atoms with Crippen LogP contribution in [-0.2, 0) is 11.2 Å². The summed E-state index contributed by atoms with van der Waals surface area (Å²) in [5.74, 6) is 0.452. The molecule has 0 aromatic heterocycles. The summed E-state index contributed by atoms with van der Waals surface area (Å²) in [6.07, 6.45) is 0.469. The molecule has 0 spiro atoms. The van der Waals surface area contributed by atoms with Gasteiger partial charge in [0.05, 0.1) is 31.5 Å². The minimum Gasteiger partial charge on any atom is -0.496 e.